The van der Waals surface area contributed by atoms with Gasteiger partial charge in [0.2, 0.25) is 0 Å². The number of rotatable bonds is 6. The lowest BCUT2D eigenvalue weighted by molar-refractivity contribution is 0.155. The van der Waals surface area contributed by atoms with Crippen molar-refractivity contribution in [1.29, 1.82) is 5.41 Å². The quantitative estimate of drug-likeness (QED) is 0.577. The van der Waals surface area contributed by atoms with Gasteiger partial charge in [-0.25, -0.2) is 8.78 Å². The van der Waals surface area contributed by atoms with E-state index in [2.05, 4.69) is 0 Å². The lowest BCUT2D eigenvalue weighted by atomic mass is 10.2. The number of nitrogens with zero attached hydrogens (tertiary/aromatic N) is 1. The van der Waals surface area contributed by atoms with E-state index >= 15 is 0 Å². The number of hydrogen-bond donors (Lipinski definition) is 2. The van der Waals surface area contributed by atoms with Crippen LogP contribution in [0.3, 0.4) is 0 Å². The summed E-state index contributed by atoms with van der Waals surface area (Å²) in [4.78, 5) is 1.53. The van der Waals surface area contributed by atoms with Crippen molar-refractivity contribution in [3.63, 3.8) is 0 Å². The number of benzene rings is 1. The number of para-hydroxylation sites is 1. The van der Waals surface area contributed by atoms with E-state index < -0.39 is 6.43 Å². The molecule has 0 heterocycles. The Kier molecular flexibility index (Phi) is 4.69. The first kappa shape index (κ1) is 12.4. The number of alkyl halides is 2. The first-order valence-electron chi connectivity index (χ1n) is 5.00. The lowest BCUT2D eigenvalue weighted by Crippen LogP contribution is -2.32. The van der Waals surface area contributed by atoms with Crippen LogP contribution in [-0.4, -0.2) is 25.4 Å². The van der Waals surface area contributed by atoms with E-state index in [1.165, 1.54) is 4.90 Å². The van der Waals surface area contributed by atoms with Gasteiger partial charge < -0.3 is 10.6 Å². The van der Waals surface area contributed by atoms with Crippen LogP contribution in [0.1, 0.15) is 6.42 Å². The van der Waals surface area contributed by atoms with Gasteiger partial charge in [-0.15, -0.1) is 0 Å². The molecule has 0 spiro atoms. The van der Waals surface area contributed by atoms with Crippen molar-refractivity contribution in [1.82, 2.24) is 0 Å². The van der Waals surface area contributed by atoms with Crippen LogP contribution in [0.5, 0.6) is 0 Å². The maximum absolute atomic E-state index is 12.4. The average Bonchev–Trinajstić information content (AvgIpc) is 2.25. The molecule has 1 aromatic rings. The highest BCUT2D eigenvalue weighted by Gasteiger charge is 2.12. The number of halogens is 2. The maximum Gasteiger partial charge on any atom is 0.255 e. The first-order valence-corrected chi connectivity index (χ1v) is 5.00. The van der Waals surface area contributed by atoms with Gasteiger partial charge in [0, 0.05) is 18.7 Å². The minimum absolute atomic E-state index is 0.00944. The molecule has 1 aromatic carbocycles. The van der Waals surface area contributed by atoms with Gasteiger partial charge >= 0.3 is 0 Å². The molecule has 0 amide bonds. The molecule has 0 aliphatic carbocycles. The summed E-state index contributed by atoms with van der Waals surface area (Å²) in [5, 5.41) is 7.10. The van der Waals surface area contributed by atoms with E-state index in [-0.39, 0.29) is 12.4 Å². The third-order valence-corrected chi connectivity index (χ3v) is 2.13. The van der Waals surface area contributed by atoms with Crippen LogP contribution < -0.4 is 10.6 Å². The molecule has 0 unspecified atom stereocenters. The monoisotopic (exact) mass is 227 g/mol. The summed E-state index contributed by atoms with van der Waals surface area (Å²) in [7, 11) is 0. The van der Waals surface area contributed by atoms with Gasteiger partial charge in [0.25, 0.3) is 6.43 Å². The molecule has 0 fully saturated rings. The molecule has 3 N–H and O–H groups in total. The molecule has 16 heavy (non-hydrogen) atoms. The molecule has 0 aliphatic heterocycles. The topological polar surface area (TPSA) is 53.1 Å². The highest BCUT2D eigenvalue weighted by Crippen LogP contribution is 2.15. The summed E-state index contributed by atoms with van der Waals surface area (Å²) in [5.41, 5.74) is 5.94. The number of nitrogens with one attached hydrogen (secondary N) is 1. The van der Waals surface area contributed by atoms with Crippen LogP contribution >= 0.6 is 0 Å². The summed E-state index contributed by atoms with van der Waals surface area (Å²) < 4.78 is 24.7. The van der Waals surface area contributed by atoms with Crippen LogP contribution in [0.4, 0.5) is 14.5 Å². The molecule has 0 aliphatic rings. The van der Waals surface area contributed by atoms with E-state index in [4.69, 9.17) is 11.1 Å². The van der Waals surface area contributed by atoms with Crippen molar-refractivity contribution in [2.24, 2.45) is 5.73 Å². The van der Waals surface area contributed by atoms with Crippen LogP contribution in [0.15, 0.2) is 30.3 Å². The van der Waals surface area contributed by atoms with Gasteiger partial charge in [0.15, 0.2) is 0 Å². The molecule has 5 heteroatoms. The standard InChI is InChI=1S/C11H15F2N3/c12-10(13)8-16(7-6-11(14)15)9-4-2-1-3-5-9/h1-5,10H,6-8H2,(H3,14,15). The van der Waals surface area contributed by atoms with Crippen molar-refractivity contribution in [3.05, 3.63) is 30.3 Å². The van der Waals surface area contributed by atoms with Gasteiger partial charge in [0.05, 0.1) is 12.4 Å². The smallest absolute Gasteiger partial charge is 0.255 e. The number of nitrogens with two attached hydrogens (primary N) is 1. The average molecular weight is 227 g/mol. The van der Waals surface area contributed by atoms with Crippen LogP contribution in [0.2, 0.25) is 0 Å². The summed E-state index contributed by atoms with van der Waals surface area (Å²) in [6, 6.07) is 8.95. The second-order valence-corrected chi connectivity index (χ2v) is 3.45. The minimum Gasteiger partial charge on any atom is -0.388 e. The first-order chi connectivity index (χ1) is 7.59. The molecule has 0 radical (unpaired) electrons. The predicted octanol–water partition coefficient (Wildman–Crippen LogP) is 2.08. The zero-order valence-corrected chi connectivity index (χ0v) is 8.87. The van der Waals surface area contributed by atoms with Crippen molar-refractivity contribution in [3.8, 4) is 0 Å². The second kappa shape index (κ2) is 6.05. The Morgan fingerprint density at radius 1 is 1.31 bits per heavy atom. The Labute approximate surface area is 93.4 Å². The highest BCUT2D eigenvalue weighted by atomic mass is 19.3. The summed E-state index contributed by atoms with van der Waals surface area (Å²) in [5.74, 6) is 0.00944. The van der Waals surface area contributed by atoms with Gasteiger partial charge in [-0.3, -0.25) is 5.41 Å². The molecule has 88 valence electrons. The summed E-state index contributed by atoms with van der Waals surface area (Å²) >= 11 is 0. The van der Waals surface area contributed by atoms with Crippen molar-refractivity contribution >= 4 is 11.5 Å². The largest absolute Gasteiger partial charge is 0.388 e. The fourth-order valence-corrected chi connectivity index (χ4v) is 1.39. The molecule has 0 saturated heterocycles. The molecule has 0 aromatic heterocycles. The van der Waals surface area contributed by atoms with Gasteiger partial charge in [0.1, 0.15) is 0 Å². The lowest BCUT2D eigenvalue weighted by Gasteiger charge is -2.24. The molecule has 0 atom stereocenters. The van der Waals surface area contributed by atoms with E-state index in [9.17, 15) is 8.78 Å². The predicted molar refractivity (Wildman–Crippen MR) is 61.2 cm³/mol. The van der Waals surface area contributed by atoms with Crippen molar-refractivity contribution < 1.29 is 8.78 Å². The number of hydrogen-bond acceptors (Lipinski definition) is 2. The minimum atomic E-state index is -2.40. The molecular formula is C11H15F2N3. The van der Waals surface area contributed by atoms with E-state index in [0.717, 1.165) is 5.69 Å². The SMILES string of the molecule is N=C(N)CCN(CC(F)F)c1ccccc1. The Morgan fingerprint density at radius 2 is 1.94 bits per heavy atom. The fraction of sp³-hybridized carbons (Fsp3) is 0.364. The maximum atomic E-state index is 12.4. The Morgan fingerprint density at radius 3 is 2.44 bits per heavy atom. The Balaban J connectivity index is 2.67. The number of amidine groups is 1. The zero-order valence-electron chi connectivity index (χ0n) is 8.87. The summed E-state index contributed by atoms with van der Waals surface area (Å²) in [6.45, 7) is 0.000972. The molecule has 3 nitrogen and oxygen atoms in total. The summed E-state index contributed by atoms with van der Waals surface area (Å²) in [6.07, 6.45) is -2.10. The van der Waals surface area contributed by atoms with Crippen LogP contribution in [0, 0.1) is 5.41 Å². The van der Waals surface area contributed by atoms with Crippen LogP contribution in [-0.2, 0) is 0 Å². The Bertz CT molecular complexity index is 327. The van der Waals surface area contributed by atoms with Crippen molar-refractivity contribution in [2.75, 3.05) is 18.0 Å². The number of anilines is 1. The van der Waals surface area contributed by atoms with E-state index in [1.54, 1.807) is 24.3 Å². The molecule has 0 saturated carbocycles. The third-order valence-electron chi connectivity index (χ3n) is 2.13. The highest BCUT2D eigenvalue weighted by molar-refractivity contribution is 5.77. The van der Waals surface area contributed by atoms with Gasteiger partial charge in [-0.1, -0.05) is 18.2 Å². The fourth-order valence-electron chi connectivity index (χ4n) is 1.39. The Hall–Kier alpha value is -1.65. The van der Waals surface area contributed by atoms with Crippen LogP contribution in [0.25, 0.3) is 0 Å². The van der Waals surface area contributed by atoms with E-state index in [1.807, 2.05) is 6.07 Å². The third kappa shape index (κ3) is 4.25. The van der Waals surface area contributed by atoms with Gasteiger partial charge in [-0.2, -0.15) is 0 Å². The zero-order chi connectivity index (χ0) is 12.0. The molecule has 0 bridgehead atoms. The molecule has 1 rings (SSSR count). The van der Waals surface area contributed by atoms with Gasteiger partial charge in [-0.05, 0) is 12.1 Å². The molecular weight excluding hydrogens is 212 g/mol. The van der Waals surface area contributed by atoms with E-state index in [0.29, 0.717) is 13.0 Å². The second-order valence-electron chi connectivity index (χ2n) is 3.45. The normalized spacial score (nSPS) is 10.4. The van der Waals surface area contributed by atoms with Crippen molar-refractivity contribution in [2.45, 2.75) is 12.8 Å².